The van der Waals surface area contributed by atoms with Gasteiger partial charge in [0.1, 0.15) is 0 Å². The van der Waals surface area contributed by atoms with Crippen molar-refractivity contribution in [3.05, 3.63) is 0 Å². The van der Waals surface area contributed by atoms with E-state index in [1.165, 1.54) is 0 Å². The molecular weight excluding hydrogens is 147 g/mol. The number of hydrogen-bond acceptors (Lipinski definition) is 3. The van der Waals surface area contributed by atoms with E-state index in [-0.39, 0.29) is 13.1 Å². The summed E-state index contributed by atoms with van der Waals surface area (Å²) in [4.78, 5) is 0. The first-order valence-electron chi connectivity index (χ1n) is 2.34. The van der Waals surface area contributed by atoms with Crippen LogP contribution in [0.2, 0.25) is 0 Å². The van der Waals surface area contributed by atoms with Crippen LogP contribution in [0, 0.1) is 0 Å². The number of likely N-dealkylation sites (N-methyl/N-ethyl adjacent to an activating group) is 1. The van der Waals surface area contributed by atoms with Gasteiger partial charge in [-0.3, -0.25) is 0 Å². The summed E-state index contributed by atoms with van der Waals surface area (Å²) in [6.45, 7) is 0.137. The average molecular weight is 156 g/mol. The molecule has 0 unspecified atom stereocenters. The Balaban J connectivity index is 3.90. The Morgan fingerprint density at radius 3 is 2.22 bits per heavy atom. The standard InChI is InChI=1S/C3H9FN2O2S/c1-6(3-2-5)9(4,7)8/h2-3,5H2,1H3. The van der Waals surface area contributed by atoms with Gasteiger partial charge < -0.3 is 5.73 Å². The molecule has 2 N–H and O–H groups in total. The summed E-state index contributed by atoms with van der Waals surface area (Å²) in [6.07, 6.45) is 0. The monoisotopic (exact) mass is 156 g/mol. The van der Waals surface area contributed by atoms with Crippen molar-refractivity contribution in [2.75, 3.05) is 20.1 Å². The number of nitrogens with zero attached hydrogens (tertiary/aromatic N) is 1. The van der Waals surface area contributed by atoms with E-state index in [4.69, 9.17) is 5.73 Å². The van der Waals surface area contributed by atoms with E-state index in [0.29, 0.717) is 4.31 Å². The van der Waals surface area contributed by atoms with Crippen LogP contribution in [0.5, 0.6) is 0 Å². The molecule has 9 heavy (non-hydrogen) atoms. The molecule has 0 aromatic carbocycles. The summed E-state index contributed by atoms with van der Waals surface area (Å²) in [5.74, 6) is 0. The van der Waals surface area contributed by atoms with E-state index in [9.17, 15) is 12.3 Å². The van der Waals surface area contributed by atoms with Crippen molar-refractivity contribution >= 4 is 10.4 Å². The van der Waals surface area contributed by atoms with Crippen LogP contribution in [-0.2, 0) is 10.4 Å². The van der Waals surface area contributed by atoms with E-state index in [2.05, 4.69) is 0 Å². The lowest BCUT2D eigenvalue weighted by atomic mass is 10.7. The molecule has 56 valence electrons. The van der Waals surface area contributed by atoms with Crippen molar-refractivity contribution in [3.8, 4) is 0 Å². The Kier molecular flexibility index (Phi) is 3.02. The van der Waals surface area contributed by atoms with Gasteiger partial charge in [0, 0.05) is 20.1 Å². The van der Waals surface area contributed by atoms with Gasteiger partial charge in [0.25, 0.3) is 0 Å². The maximum absolute atomic E-state index is 11.8. The Hall–Kier alpha value is -0.200. The van der Waals surface area contributed by atoms with Crippen LogP contribution in [0.3, 0.4) is 0 Å². The smallest absolute Gasteiger partial charge is 0.329 e. The molecule has 0 saturated carbocycles. The van der Waals surface area contributed by atoms with Crippen LogP contribution in [0.25, 0.3) is 0 Å². The predicted octanol–water partition coefficient (Wildman–Crippen LogP) is -0.909. The largest absolute Gasteiger partial charge is 0.374 e. The molecule has 0 bridgehead atoms. The molecule has 0 aliphatic carbocycles. The summed E-state index contributed by atoms with van der Waals surface area (Å²) < 4.78 is 32.2. The van der Waals surface area contributed by atoms with Crippen molar-refractivity contribution in [3.63, 3.8) is 0 Å². The van der Waals surface area contributed by atoms with Crippen LogP contribution in [0.1, 0.15) is 0 Å². The van der Waals surface area contributed by atoms with Gasteiger partial charge in [0.2, 0.25) is 0 Å². The maximum Gasteiger partial charge on any atom is 0.374 e. The van der Waals surface area contributed by atoms with Crippen LogP contribution in [0.15, 0.2) is 0 Å². The summed E-state index contributed by atoms with van der Waals surface area (Å²) in [7, 11) is -3.38. The molecule has 0 saturated heterocycles. The molecule has 6 heteroatoms. The molecule has 0 spiro atoms. The van der Waals surface area contributed by atoms with Gasteiger partial charge in [-0.1, -0.05) is 3.89 Å². The lowest BCUT2D eigenvalue weighted by Crippen LogP contribution is -2.28. The van der Waals surface area contributed by atoms with E-state index >= 15 is 0 Å². The lowest BCUT2D eigenvalue weighted by Gasteiger charge is -2.07. The molecular formula is C3H9FN2O2S. The van der Waals surface area contributed by atoms with Crippen molar-refractivity contribution in [1.29, 1.82) is 0 Å². The van der Waals surface area contributed by atoms with Gasteiger partial charge >= 0.3 is 10.4 Å². The van der Waals surface area contributed by atoms with Crippen molar-refractivity contribution < 1.29 is 12.3 Å². The maximum atomic E-state index is 11.8. The van der Waals surface area contributed by atoms with Gasteiger partial charge in [-0.05, 0) is 0 Å². The van der Waals surface area contributed by atoms with E-state index in [1.54, 1.807) is 0 Å². The summed E-state index contributed by atoms with van der Waals surface area (Å²) >= 11 is 0. The molecule has 4 nitrogen and oxygen atoms in total. The average Bonchev–Trinajstić information content (AvgIpc) is 1.64. The number of nitrogens with two attached hydrogens (primary N) is 1. The molecule has 0 aliphatic rings. The van der Waals surface area contributed by atoms with Gasteiger partial charge in [-0.2, -0.15) is 12.7 Å². The fourth-order valence-electron chi connectivity index (χ4n) is 0.291. The zero-order valence-corrected chi connectivity index (χ0v) is 5.86. The van der Waals surface area contributed by atoms with Gasteiger partial charge in [0.15, 0.2) is 0 Å². The molecule has 0 fully saturated rings. The first-order valence-corrected chi connectivity index (χ1v) is 3.68. The fourth-order valence-corrected chi connectivity index (χ4v) is 0.614. The normalized spacial score (nSPS) is 12.4. The van der Waals surface area contributed by atoms with Gasteiger partial charge in [-0.15, -0.1) is 0 Å². The van der Waals surface area contributed by atoms with Crippen LogP contribution in [0.4, 0.5) is 3.89 Å². The SMILES string of the molecule is CN(CCN)S(=O)(=O)F. The second-order valence-electron chi connectivity index (χ2n) is 1.55. The minimum absolute atomic E-state index is 0.0127. The first-order chi connectivity index (χ1) is 3.98. The van der Waals surface area contributed by atoms with E-state index in [1.807, 2.05) is 0 Å². The Morgan fingerprint density at radius 1 is 1.67 bits per heavy atom. The summed E-state index contributed by atoms with van der Waals surface area (Å²) in [5, 5.41) is 0. The van der Waals surface area contributed by atoms with E-state index in [0.717, 1.165) is 7.05 Å². The quantitative estimate of drug-likeness (QED) is 0.538. The van der Waals surface area contributed by atoms with E-state index < -0.39 is 10.4 Å². The van der Waals surface area contributed by atoms with Crippen LogP contribution >= 0.6 is 0 Å². The topological polar surface area (TPSA) is 63.4 Å². The summed E-state index contributed by atoms with van der Waals surface area (Å²) in [5.41, 5.74) is 4.95. The van der Waals surface area contributed by atoms with Gasteiger partial charge in [-0.25, -0.2) is 0 Å². The number of rotatable bonds is 3. The highest BCUT2D eigenvalue weighted by molar-refractivity contribution is 7.83. The predicted molar refractivity (Wildman–Crippen MR) is 31.7 cm³/mol. The molecule has 0 amide bonds. The second kappa shape index (κ2) is 3.09. The molecule has 0 rings (SSSR count). The Bertz CT molecular complexity index is 167. The van der Waals surface area contributed by atoms with Crippen molar-refractivity contribution in [2.45, 2.75) is 0 Å². The summed E-state index contributed by atoms with van der Waals surface area (Å²) in [6, 6.07) is 0. The number of halogens is 1. The third-order valence-corrected chi connectivity index (χ3v) is 1.74. The Labute approximate surface area is 53.8 Å². The third kappa shape index (κ3) is 3.39. The third-order valence-electron chi connectivity index (χ3n) is 0.816. The minimum atomic E-state index is -4.51. The van der Waals surface area contributed by atoms with Crippen molar-refractivity contribution in [1.82, 2.24) is 4.31 Å². The first kappa shape index (κ1) is 8.80. The fraction of sp³-hybridized carbons (Fsp3) is 1.00. The minimum Gasteiger partial charge on any atom is -0.329 e. The number of hydrogen-bond donors (Lipinski definition) is 1. The highest BCUT2D eigenvalue weighted by Gasteiger charge is 2.13. The zero-order valence-electron chi connectivity index (χ0n) is 5.04. The van der Waals surface area contributed by atoms with Gasteiger partial charge in [0.05, 0.1) is 0 Å². The Morgan fingerprint density at radius 2 is 2.11 bits per heavy atom. The molecule has 0 radical (unpaired) electrons. The molecule has 0 atom stereocenters. The highest BCUT2D eigenvalue weighted by atomic mass is 32.3. The molecule has 0 heterocycles. The van der Waals surface area contributed by atoms with Crippen molar-refractivity contribution in [2.24, 2.45) is 5.73 Å². The second-order valence-corrected chi connectivity index (χ2v) is 3.00. The molecule has 0 aromatic rings. The highest BCUT2D eigenvalue weighted by Crippen LogP contribution is 1.95. The molecule has 0 aliphatic heterocycles. The lowest BCUT2D eigenvalue weighted by molar-refractivity contribution is 0.438. The zero-order chi connectivity index (χ0) is 7.49. The molecule has 0 aromatic heterocycles. The van der Waals surface area contributed by atoms with Crippen LogP contribution in [-0.4, -0.2) is 32.9 Å². The van der Waals surface area contributed by atoms with Crippen LogP contribution < -0.4 is 5.73 Å².